The molecule has 2 N–H and O–H groups in total. The molecule has 3 rings (SSSR count). The molecular formula is C16H18F3N3O3. The first-order valence-electron chi connectivity index (χ1n) is 7.94. The molecule has 0 spiro atoms. The third-order valence-electron chi connectivity index (χ3n) is 4.50. The number of likely N-dealkylation sites (tertiary alicyclic amines) is 1. The van der Waals surface area contributed by atoms with Crippen molar-refractivity contribution in [3.05, 3.63) is 35.4 Å². The van der Waals surface area contributed by atoms with Crippen molar-refractivity contribution in [1.29, 1.82) is 0 Å². The van der Waals surface area contributed by atoms with E-state index < -0.39 is 35.8 Å². The number of hydrogen-bond acceptors (Lipinski definition) is 4. The maximum atomic E-state index is 13.3. The Labute approximate surface area is 142 Å². The number of imide groups is 1. The largest absolute Gasteiger partial charge is 0.416 e. The summed E-state index contributed by atoms with van der Waals surface area (Å²) >= 11 is 0. The number of hydrogen-bond donors (Lipinski definition) is 2. The molecule has 9 heteroatoms. The van der Waals surface area contributed by atoms with Crippen LogP contribution in [0.15, 0.2) is 24.3 Å². The Morgan fingerprint density at radius 2 is 2.04 bits per heavy atom. The summed E-state index contributed by atoms with van der Waals surface area (Å²) in [6.45, 7) is 0.449. The average molecular weight is 357 g/mol. The fraction of sp³-hybridized carbons (Fsp3) is 0.500. The van der Waals surface area contributed by atoms with Crippen molar-refractivity contribution in [3.63, 3.8) is 0 Å². The molecule has 0 aliphatic carbocycles. The molecule has 0 saturated carbocycles. The van der Waals surface area contributed by atoms with Gasteiger partial charge in [0, 0.05) is 25.7 Å². The molecule has 2 fully saturated rings. The van der Waals surface area contributed by atoms with E-state index in [1.165, 1.54) is 23.1 Å². The molecule has 2 heterocycles. The predicted octanol–water partition coefficient (Wildman–Crippen LogP) is 1.36. The molecule has 2 aliphatic heterocycles. The minimum absolute atomic E-state index is 0.0326. The number of carbonyl (C=O) groups excluding carboxylic acids is 2. The average Bonchev–Trinajstić information content (AvgIpc) is 3.12. The third kappa shape index (κ3) is 3.62. The maximum absolute atomic E-state index is 13.3. The van der Waals surface area contributed by atoms with E-state index in [-0.39, 0.29) is 31.6 Å². The highest BCUT2D eigenvalue weighted by atomic mass is 19.4. The number of amides is 3. The first-order valence-corrected chi connectivity index (χ1v) is 7.94. The molecule has 1 aromatic carbocycles. The maximum Gasteiger partial charge on any atom is 0.416 e. The lowest BCUT2D eigenvalue weighted by molar-refractivity contribution is -0.138. The highest BCUT2D eigenvalue weighted by Gasteiger charge is 2.41. The standard InChI is InChI=1S/C16H18F3N3O3/c17-16(18,19)12-4-2-1-3-11(12)13-7-10(23)8-21(13)9-14(24)22-6-5-20-15(22)25/h1-4,10,13,23H,5-9H2,(H,20,25)/t10-,13+/m0/s1. The zero-order valence-electron chi connectivity index (χ0n) is 13.3. The lowest BCUT2D eigenvalue weighted by atomic mass is 9.97. The first kappa shape index (κ1) is 17.7. The van der Waals surface area contributed by atoms with Gasteiger partial charge in [0.25, 0.3) is 0 Å². The van der Waals surface area contributed by atoms with Gasteiger partial charge in [0.05, 0.1) is 18.2 Å². The number of benzene rings is 1. The number of alkyl halides is 3. The zero-order chi connectivity index (χ0) is 18.2. The van der Waals surface area contributed by atoms with Crippen molar-refractivity contribution in [1.82, 2.24) is 15.1 Å². The molecule has 0 radical (unpaired) electrons. The van der Waals surface area contributed by atoms with E-state index in [0.29, 0.717) is 6.54 Å². The second kappa shape index (κ2) is 6.64. The van der Waals surface area contributed by atoms with Gasteiger partial charge >= 0.3 is 12.2 Å². The Hall–Kier alpha value is -2.13. The Balaban J connectivity index is 1.83. The van der Waals surface area contributed by atoms with Gasteiger partial charge in [-0.25, -0.2) is 4.79 Å². The van der Waals surface area contributed by atoms with E-state index in [9.17, 15) is 27.9 Å². The number of rotatable bonds is 3. The van der Waals surface area contributed by atoms with Crippen LogP contribution in [0.25, 0.3) is 0 Å². The van der Waals surface area contributed by atoms with E-state index in [1.54, 1.807) is 0 Å². The summed E-state index contributed by atoms with van der Waals surface area (Å²) in [6, 6.07) is 3.93. The fourth-order valence-electron chi connectivity index (χ4n) is 3.39. The van der Waals surface area contributed by atoms with Gasteiger partial charge < -0.3 is 10.4 Å². The molecule has 0 bridgehead atoms. The number of urea groups is 1. The molecule has 6 nitrogen and oxygen atoms in total. The van der Waals surface area contributed by atoms with E-state index >= 15 is 0 Å². The number of aliphatic hydroxyl groups is 1. The summed E-state index contributed by atoms with van der Waals surface area (Å²) in [5.74, 6) is -0.487. The van der Waals surface area contributed by atoms with Crippen LogP contribution >= 0.6 is 0 Å². The Kier molecular flexibility index (Phi) is 4.70. The number of halogens is 3. The van der Waals surface area contributed by atoms with Crippen LogP contribution in [0.4, 0.5) is 18.0 Å². The van der Waals surface area contributed by atoms with Crippen LogP contribution in [-0.4, -0.2) is 59.1 Å². The second-order valence-electron chi connectivity index (χ2n) is 6.20. The number of carbonyl (C=O) groups is 2. The van der Waals surface area contributed by atoms with E-state index in [2.05, 4.69) is 5.32 Å². The van der Waals surface area contributed by atoms with Gasteiger partial charge in [-0.15, -0.1) is 0 Å². The van der Waals surface area contributed by atoms with Crippen LogP contribution in [0.3, 0.4) is 0 Å². The van der Waals surface area contributed by atoms with Gasteiger partial charge in [0.15, 0.2) is 0 Å². The number of nitrogens with zero attached hydrogens (tertiary/aromatic N) is 2. The van der Waals surface area contributed by atoms with E-state index in [1.807, 2.05) is 0 Å². The minimum Gasteiger partial charge on any atom is -0.392 e. The van der Waals surface area contributed by atoms with Gasteiger partial charge in [-0.2, -0.15) is 13.2 Å². The molecule has 0 unspecified atom stereocenters. The third-order valence-corrected chi connectivity index (χ3v) is 4.50. The van der Waals surface area contributed by atoms with Gasteiger partial charge in [-0.05, 0) is 18.1 Å². The second-order valence-corrected chi connectivity index (χ2v) is 6.20. The zero-order valence-corrected chi connectivity index (χ0v) is 13.3. The minimum atomic E-state index is -4.52. The summed E-state index contributed by atoms with van der Waals surface area (Å²) in [5.41, 5.74) is -0.740. The molecule has 3 amide bonds. The summed E-state index contributed by atoms with van der Waals surface area (Å²) in [5, 5.41) is 12.4. The van der Waals surface area contributed by atoms with Crippen LogP contribution in [0.5, 0.6) is 0 Å². The van der Waals surface area contributed by atoms with Crippen LogP contribution in [0, 0.1) is 0 Å². The highest BCUT2D eigenvalue weighted by Crippen LogP contribution is 2.40. The number of aliphatic hydroxyl groups excluding tert-OH is 1. The van der Waals surface area contributed by atoms with Gasteiger partial charge in [0.2, 0.25) is 5.91 Å². The summed E-state index contributed by atoms with van der Waals surface area (Å²) < 4.78 is 39.8. The van der Waals surface area contributed by atoms with Crippen molar-refractivity contribution < 1.29 is 27.9 Å². The summed E-state index contributed by atoms with van der Waals surface area (Å²) in [4.78, 5) is 26.4. The molecule has 2 saturated heterocycles. The fourth-order valence-corrected chi connectivity index (χ4v) is 3.39. The van der Waals surface area contributed by atoms with Crippen molar-refractivity contribution in [2.45, 2.75) is 24.7 Å². The lowest BCUT2D eigenvalue weighted by Crippen LogP contribution is -2.42. The van der Waals surface area contributed by atoms with Crippen molar-refractivity contribution >= 4 is 11.9 Å². The van der Waals surface area contributed by atoms with E-state index in [0.717, 1.165) is 11.0 Å². The SMILES string of the molecule is O=C(CN1C[C@@H](O)C[C@@H]1c1ccccc1C(F)(F)F)N1CCNC1=O. The smallest absolute Gasteiger partial charge is 0.392 e. The molecule has 2 atom stereocenters. The normalized spacial score (nSPS) is 24.6. The Morgan fingerprint density at radius 1 is 1.32 bits per heavy atom. The molecule has 0 aromatic heterocycles. The van der Waals surface area contributed by atoms with Gasteiger partial charge in [-0.1, -0.05) is 18.2 Å². The number of β-amino-alcohol motifs (C(OH)–C–C–N with tert-alkyl or cyclic N) is 1. The molecule has 25 heavy (non-hydrogen) atoms. The summed E-state index contributed by atoms with van der Waals surface area (Å²) in [7, 11) is 0. The lowest BCUT2D eigenvalue weighted by Gasteiger charge is -2.27. The predicted molar refractivity (Wildman–Crippen MR) is 81.5 cm³/mol. The van der Waals surface area contributed by atoms with Crippen molar-refractivity contribution in [3.8, 4) is 0 Å². The Morgan fingerprint density at radius 3 is 2.68 bits per heavy atom. The monoisotopic (exact) mass is 357 g/mol. The quantitative estimate of drug-likeness (QED) is 0.857. The van der Waals surface area contributed by atoms with E-state index in [4.69, 9.17) is 0 Å². The van der Waals surface area contributed by atoms with Gasteiger partial charge in [-0.3, -0.25) is 14.6 Å². The highest BCUT2D eigenvalue weighted by molar-refractivity contribution is 5.96. The summed E-state index contributed by atoms with van der Waals surface area (Å²) in [6.07, 6.45) is -5.24. The van der Waals surface area contributed by atoms with Crippen LogP contribution < -0.4 is 5.32 Å². The first-order chi connectivity index (χ1) is 11.8. The Bertz CT molecular complexity index is 680. The molecule has 136 valence electrons. The van der Waals surface area contributed by atoms with Crippen LogP contribution in [0.1, 0.15) is 23.6 Å². The van der Waals surface area contributed by atoms with Crippen LogP contribution in [0.2, 0.25) is 0 Å². The topological polar surface area (TPSA) is 72.9 Å². The van der Waals surface area contributed by atoms with Gasteiger partial charge in [0.1, 0.15) is 0 Å². The van der Waals surface area contributed by atoms with Crippen molar-refractivity contribution in [2.24, 2.45) is 0 Å². The van der Waals surface area contributed by atoms with Crippen LogP contribution in [-0.2, 0) is 11.0 Å². The number of nitrogens with one attached hydrogen (secondary N) is 1. The van der Waals surface area contributed by atoms with Crippen molar-refractivity contribution in [2.75, 3.05) is 26.2 Å². The molecule has 1 aromatic rings. The molecule has 2 aliphatic rings. The molecular weight excluding hydrogens is 339 g/mol.